The van der Waals surface area contributed by atoms with Crippen molar-refractivity contribution >= 4 is 0 Å². The van der Waals surface area contributed by atoms with E-state index >= 15 is 0 Å². The highest BCUT2D eigenvalue weighted by atomic mass is 16.4. The van der Waals surface area contributed by atoms with E-state index in [0.29, 0.717) is 0 Å². The molecule has 0 N–H and O–H groups in total. The first kappa shape index (κ1) is 10.6. The van der Waals surface area contributed by atoms with Crippen molar-refractivity contribution in [2.75, 3.05) is 0 Å². The SMILES string of the molecule is Cc1nc2c(o1)-c1ccccc1Cc1ccccc1-2. The molecule has 0 fully saturated rings. The van der Waals surface area contributed by atoms with Gasteiger partial charge in [0.1, 0.15) is 5.69 Å². The van der Waals surface area contributed by atoms with Crippen LogP contribution in [0.2, 0.25) is 0 Å². The highest BCUT2D eigenvalue weighted by Gasteiger charge is 2.23. The van der Waals surface area contributed by atoms with Gasteiger partial charge in [0.05, 0.1) is 0 Å². The first-order valence-electron chi connectivity index (χ1n) is 6.47. The Balaban J connectivity index is 2.12. The summed E-state index contributed by atoms with van der Waals surface area (Å²) in [5.74, 6) is 1.62. The minimum absolute atomic E-state index is 0.719. The van der Waals surface area contributed by atoms with Gasteiger partial charge in [-0.25, -0.2) is 4.98 Å². The second kappa shape index (κ2) is 3.82. The molecule has 2 aromatic carbocycles. The summed E-state index contributed by atoms with van der Waals surface area (Å²) in [6.07, 6.45) is 0.928. The molecule has 0 atom stereocenters. The Labute approximate surface area is 111 Å². The molecule has 0 amide bonds. The summed E-state index contributed by atoms with van der Waals surface area (Å²) >= 11 is 0. The summed E-state index contributed by atoms with van der Waals surface area (Å²) in [7, 11) is 0. The summed E-state index contributed by atoms with van der Waals surface area (Å²) in [5, 5.41) is 0. The fraction of sp³-hybridized carbons (Fsp3) is 0.118. The standard InChI is InChI=1S/C17H13NO/c1-11-18-16-14-8-4-2-6-12(14)10-13-7-3-5-9-15(13)17(16)19-11/h2-9H,10H2,1H3. The summed E-state index contributed by atoms with van der Waals surface area (Å²) in [6, 6.07) is 16.9. The molecule has 0 saturated carbocycles. The Bertz CT molecular complexity index is 707. The lowest BCUT2D eigenvalue weighted by Crippen LogP contribution is -1.90. The summed E-state index contributed by atoms with van der Waals surface area (Å²) in [6.45, 7) is 1.90. The van der Waals surface area contributed by atoms with Crippen LogP contribution in [0.1, 0.15) is 17.0 Å². The van der Waals surface area contributed by atoms with Gasteiger partial charge in [-0.2, -0.15) is 0 Å². The topological polar surface area (TPSA) is 26.0 Å². The van der Waals surface area contributed by atoms with Gasteiger partial charge in [-0.3, -0.25) is 0 Å². The molecule has 0 spiro atoms. The number of fused-ring (bicyclic) bond motifs is 5. The van der Waals surface area contributed by atoms with Gasteiger partial charge in [-0.05, 0) is 17.5 Å². The Morgan fingerprint density at radius 2 is 1.53 bits per heavy atom. The maximum atomic E-state index is 5.86. The quantitative estimate of drug-likeness (QED) is 0.465. The first-order valence-corrected chi connectivity index (χ1v) is 6.47. The zero-order chi connectivity index (χ0) is 12.8. The van der Waals surface area contributed by atoms with Gasteiger partial charge >= 0.3 is 0 Å². The van der Waals surface area contributed by atoms with Crippen LogP contribution < -0.4 is 0 Å². The van der Waals surface area contributed by atoms with Crippen molar-refractivity contribution in [3.8, 4) is 22.6 Å². The predicted octanol–water partition coefficient (Wildman–Crippen LogP) is 4.22. The van der Waals surface area contributed by atoms with E-state index in [4.69, 9.17) is 4.42 Å². The van der Waals surface area contributed by atoms with Crippen molar-refractivity contribution in [3.63, 3.8) is 0 Å². The molecule has 1 aliphatic carbocycles. The second-order valence-corrected chi connectivity index (χ2v) is 4.90. The largest absolute Gasteiger partial charge is 0.440 e. The van der Waals surface area contributed by atoms with Gasteiger partial charge in [0.15, 0.2) is 11.7 Å². The zero-order valence-corrected chi connectivity index (χ0v) is 10.7. The number of hydrogen-bond donors (Lipinski definition) is 0. The minimum atomic E-state index is 0.719. The summed E-state index contributed by atoms with van der Waals surface area (Å²) in [5.41, 5.74) is 5.92. The molecule has 1 heterocycles. The molecule has 0 bridgehead atoms. The van der Waals surface area contributed by atoms with Gasteiger partial charge in [0, 0.05) is 18.1 Å². The lowest BCUT2D eigenvalue weighted by atomic mass is 10.00. The Morgan fingerprint density at radius 1 is 0.895 bits per heavy atom. The van der Waals surface area contributed by atoms with Crippen LogP contribution in [0, 0.1) is 6.92 Å². The fourth-order valence-electron chi connectivity index (χ4n) is 2.80. The monoisotopic (exact) mass is 247 g/mol. The molecular formula is C17H13NO. The molecule has 0 unspecified atom stereocenters. The molecule has 0 aliphatic heterocycles. The number of aromatic nitrogens is 1. The van der Waals surface area contributed by atoms with E-state index < -0.39 is 0 Å². The molecule has 0 saturated heterocycles. The van der Waals surface area contributed by atoms with Crippen molar-refractivity contribution in [2.24, 2.45) is 0 Å². The summed E-state index contributed by atoms with van der Waals surface area (Å²) in [4.78, 5) is 4.58. The van der Waals surface area contributed by atoms with Crippen molar-refractivity contribution in [1.82, 2.24) is 4.98 Å². The lowest BCUT2D eigenvalue weighted by molar-refractivity contribution is 0.534. The highest BCUT2D eigenvalue weighted by Crippen LogP contribution is 2.40. The predicted molar refractivity (Wildman–Crippen MR) is 74.9 cm³/mol. The molecule has 3 aromatic rings. The number of hydrogen-bond acceptors (Lipinski definition) is 2. The smallest absolute Gasteiger partial charge is 0.192 e. The summed E-state index contributed by atoms with van der Waals surface area (Å²) < 4.78 is 5.86. The highest BCUT2D eigenvalue weighted by molar-refractivity contribution is 5.82. The number of rotatable bonds is 0. The van der Waals surface area contributed by atoms with E-state index in [0.717, 1.165) is 29.3 Å². The lowest BCUT2D eigenvalue weighted by Gasteiger charge is -2.05. The average molecular weight is 247 g/mol. The number of aryl methyl sites for hydroxylation is 1. The molecule has 92 valence electrons. The second-order valence-electron chi connectivity index (χ2n) is 4.90. The third-order valence-electron chi connectivity index (χ3n) is 3.65. The van der Waals surface area contributed by atoms with Crippen LogP contribution >= 0.6 is 0 Å². The molecule has 2 heteroatoms. The van der Waals surface area contributed by atoms with Crippen LogP contribution in [-0.4, -0.2) is 4.98 Å². The third kappa shape index (κ3) is 1.53. The van der Waals surface area contributed by atoms with E-state index in [1.54, 1.807) is 0 Å². The Hall–Kier alpha value is -2.35. The number of benzene rings is 2. The Morgan fingerprint density at radius 3 is 2.32 bits per heavy atom. The van der Waals surface area contributed by atoms with Gasteiger partial charge in [-0.15, -0.1) is 0 Å². The van der Waals surface area contributed by atoms with E-state index in [2.05, 4.69) is 53.5 Å². The van der Waals surface area contributed by atoms with Crippen LogP contribution in [0.15, 0.2) is 52.9 Å². The van der Waals surface area contributed by atoms with Crippen molar-refractivity contribution in [3.05, 3.63) is 65.5 Å². The molecule has 0 radical (unpaired) electrons. The molecular weight excluding hydrogens is 234 g/mol. The van der Waals surface area contributed by atoms with Crippen molar-refractivity contribution in [2.45, 2.75) is 13.3 Å². The van der Waals surface area contributed by atoms with Gasteiger partial charge in [0.25, 0.3) is 0 Å². The van der Waals surface area contributed by atoms with E-state index in [1.807, 2.05) is 6.92 Å². The third-order valence-corrected chi connectivity index (χ3v) is 3.65. The molecule has 2 nitrogen and oxygen atoms in total. The van der Waals surface area contributed by atoms with E-state index in [1.165, 1.54) is 16.7 Å². The molecule has 19 heavy (non-hydrogen) atoms. The van der Waals surface area contributed by atoms with Crippen molar-refractivity contribution < 1.29 is 4.42 Å². The number of oxazole rings is 1. The van der Waals surface area contributed by atoms with Gasteiger partial charge in [-0.1, -0.05) is 48.5 Å². The maximum absolute atomic E-state index is 5.86. The van der Waals surface area contributed by atoms with Crippen LogP contribution in [-0.2, 0) is 6.42 Å². The number of nitrogens with zero attached hydrogens (tertiary/aromatic N) is 1. The zero-order valence-electron chi connectivity index (χ0n) is 10.7. The normalized spacial score (nSPS) is 12.3. The fourth-order valence-corrected chi connectivity index (χ4v) is 2.80. The first-order chi connectivity index (χ1) is 9.33. The van der Waals surface area contributed by atoms with Crippen LogP contribution in [0.3, 0.4) is 0 Å². The maximum Gasteiger partial charge on any atom is 0.192 e. The van der Waals surface area contributed by atoms with E-state index in [9.17, 15) is 0 Å². The van der Waals surface area contributed by atoms with Crippen molar-refractivity contribution in [1.29, 1.82) is 0 Å². The van der Waals surface area contributed by atoms with Crippen LogP contribution in [0.25, 0.3) is 22.6 Å². The molecule has 1 aromatic heterocycles. The van der Waals surface area contributed by atoms with Crippen LogP contribution in [0.5, 0.6) is 0 Å². The van der Waals surface area contributed by atoms with Crippen LogP contribution in [0.4, 0.5) is 0 Å². The van der Waals surface area contributed by atoms with E-state index in [-0.39, 0.29) is 0 Å². The molecule has 1 aliphatic rings. The average Bonchev–Trinajstić information content (AvgIpc) is 2.76. The molecule has 4 rings (SSSR count). The minimum Gasteiger partial charge on any atom is -0.440 e. The van der Waals surface area contributed by atoms with Gasteiger partial charge in [0.2, 0.25) is 0 Å². The Kier molecular flexibility index (Phi) is 2.12. The van der Waals surface area contributed by atoms with Gasteiger partial charge < -0.3 is 4.42 Å².